The van der Waals surface area contributed by atoms with Gasteiger partial charge in [-0.15, -0.1) is 0 Å². The number of aryl methyl sites for hydroxylation is 3. The highest BCUT2D eigenvalue weighted by atomic mass is 19.4. The Morgan fingerprint density at radius 2 is 0.970 bits per heavy atom. The molecular weight excluding hydrogens is 419 g/mol. The van der Waals surface area contributed by atoms with Gasteiger partial charge in [-0.1, -0.05) is 86.8 Å². The Bertz CT molecular complexity index is 942. The number of hydrogen-bond donors (Lipinski definition) is 0. The average Bonchev–Trinajstić information content (AvgIpc) is 2.82. The van der Waals surface area contributed by atoms with Gasteiger partial charge in [0, 0.05) is 13.1 Å². The predicted octanol–water partition coefficient (Wildman–Crippen LogP) is 7.92. The van der Waals surface area contributed by atoms with Gasteiger partial charge in [0.15, 0.2) is 0 Å². The van der Waals surface area contributed by atoms with Gasteiger partial charge in [0.2, 0.25) is 0 Å². The number of unbranched alkanes of at least 4 members (excludes halogenated alkanes) is 3. The van der Waals surface area contributed by atoms with E-state index in [0.29, 0.717) is 13.1 Å². The molecule has 0 aliphatic carbocycles. The molecule has 0 amide bonds. The van der Waals surface area contributed by atoms with Crippen molar-refractivity contribution in [2.75, 3.05) is 0 Å². The maximum Gasteiger partial charge on any atom is 0.416 e. The molecule has 0 atom stereocenters. The number of rotatable bonds is 12. The molecule has 0 N–H and O–H groups in total. The summed E-state index contributed by atoms with van der Waals surface area (Å²) in [6.45, 7) is 3.21. The van der Waals surface area contributed by atoms with Crippen molar-refractivity contribution in [3.8, 4) is 0 Å². The van der Waals surface area contributed by atoms with Crippen molar-refractivity contribution in [3.63, 3.8) is 0 Å². The lowest BCUT2D eigenvalue weighted by atomic mass is 10.0. The Hall–Kier alpha value is -2.59. The number of hydrogen-bond acceptors (Lipinski definition) is 0. The molecule has 175 valence electrons. The van der Waals surface area contributed by atoms with Crippen LogP contribution in [0, 0.1) is 0 Å². The number of nitrogens with zero attached hydrogens (tertiary/aromatic N) is 1. The third-order valence-corrected chi connectivity index (χ3v) is 5.94. The summed E-state index contributed by atoms with van der Waals surface area (Å²) in [5, 5.41) is 4.49. The van der Waals surface area contributed by atoms with E-state index in [4.69, 9.17) is 0 Å². The van der Waals surface area contributed by atoms with Crippen LogP contribution in [0.5, 0.6) is 0 Å². The van der Waals surface area contributed by atoms with Crippen molar-refractivity contribution in [3.05, 3.63) is 106 Å². The van der Waals surface area contributed by atoms with Crippen LogP contribution in [0.3, 0.4) is 0 Å². The van der Waals surface area contributed by atoms with Gasteiger partial charge in [0.05, 0.1) is 5.56 Å². The van der Waals surface area contributed by atoms with Gasteiger partial charge in [-0.05, 0) is 65.6 Å². The number of halogens is 3. The highest BCUT2D eigenvalue weighted by Crippen LogP contribution is 2.29. The van der Waals surface area contributed by atoms with Crippen molar-refractivity contribution in [1.29, 1.82) is 0 Å². The molecule has 0 aromatic heterocycles. The molecule has 3 rings (SSSR count). The van der Waals surface area contributed by atoms with Crippen molar-refractivity contribution in [1.82, 2.24) is 5.32 Å². The van der Waals surface area contributed by atoms with Gasteiger partial charge in [-0.3, -0.25) is 0 Å². The van der Waals surface area contributed by atoms with Crippen LogP contribution in [-0.2, 0) is 38.5 Å². The first kappa shape index (κ1) is 25.0. The van der Waals surface area contributed by atoms with Crippen LogP contribution in [0.15, 0.2) is 72.8 Å². The fraction of sp³-hybridized carbons (Fsp3) is 0.379. The molecule has 1 radical (unpaired) electrons. The third kappa shape index (κ3) is 8.70. The van der Waals surface area contributed by atoms with Crippen molar-refractivity contribution in [2.24, 2.45) is 0 Å². The van der Waals surface area contributed by atoms with E-state index in [1.165, 1.54) is 60.9 Å². The van der Waals surface area contributed by atoms with Crippen molar-refractivity contribution in [2.45, 2.75) is 71.1 Å². The Labute approximate surface area is 196 Å². The maximum atomic E-state index is 12.6. The molecule has 0 saturated carbocycles. The van der Waals surface area contributed by atoms with Crippen LogP contribution in [0.2, 0.25) is 0 Å². The minimum Gasteiger partial charge on any atom is -0.232 e. The van der Waals surface area contributed by atoms with Crippen molar-refractivity contribution < 1.29 is 13.2 Å². The number of alkyl halides is 3. The summed E-state index contributed by atoms with van der Waals surface area (Å²) in [6.07, 6.45) is 4.08. The van der Waals surface area contributed by atoms with E-state index >= 15 is 0 Å². The first-order valence-corrected chi connectivity index (χ1v) is 11.9. The van der Waals surface area contributed by atoms with Crippen LogP contribution in [0.25, 0.3) is 0 Å². The third-order valence-electron chi connectivity index (χ3n) is 5.94. The Morgan fingerprint density at radius 3 is 1.42 bits per heavy atom. The quantitative estimate of drug-likeness (QED) is 0.248. The summed E-state index contributed by atoms with van der Waals surface area (Å²) in [7, 11) is 0. The molecule has 0 bridgehead atoms. The second kappa shape index (κ2) is 12.6. The molecule has 0 spiro atoms. The van der Waals surface area contributed by atoms with Crippen molar-refractivity contribution >= 4 is 0 Å². The molecule has 3 aromatic carbocycles. The Kier molecular flexibility index (Phi) is 9.56. The monoisotopic (exact) mass is 452 g/mol. The number of benzene rings is 3. The molecule has 0 heterocycles. The van der Waals surface area contributed by atoms with E-state index in [-0.39, 0.29) is 0 Å². The Balaban J connectivity index is 1.38. The van der Waals surface area contributed by atoms with Crippen LogP contribution >= 0.6 is 0 Å². The summed E-state index contributed by atoms with van der Waals surface area (Å²) < 4.78 is 37.9. The largest absolute Gasteiger partial charge is 0.416 e. The molecule has 0 fully saturated rings. The van der Waals surface area contributed by atoms with Crippen LogP contribution in [0.1, 0.15) is 66.0 Å². The lowest BCUT2D eigenvalue weighted by Gasteiger charge is -2.08. The SMILES string of the molecule is CCCCCCc1ccc(CCc2ccc(C[N]Cc3ccc(C(F)(F)F)cc3)cc2)cc1. The van der Waals surface area contributed by atoms with Gasteiger partial charge in [-0.25, -0.2) is 5.32 Å². The smallest absolute Gasteiger partial charge is 0.232 e. The summed E-state index contributed by atoms with van der Waals surface area (Å²) in [6, 6.07) is 22.7. The molecule has 3 aromatic rings. The van der Waals surface area contributed by atoms with E-state index in [2.05, 4.69) is 60.8 Å². The van der Waals surface area contributed by atoms with Crippen LogP contribution < -0.4 is 5.32 Å². The minimum absolute atomic E-state index is 0.411. The van der Waals surface area contributed by atoms with Gasteiger partial charge in [-0.2, -0.15) is 13.2 Å². The van der Waals surface area contributed by atoms with Gasteiger partial charge >= 0.3 is 6.18 Å². The molecule has 0 aliphatic rings. The summed E-state index contributed by atoms with van der Waals surface area (Å²) in [4.78, 5) is 0. The van der Waals surface area contributed by atoms with Crippen LogP contribution in [0.4, 0.5) is 13.2 Å². The summed E-state index contributed by atoms with van der Waals surface area (Å²) in [5.41, 5.74) is 5.36. The second-order valence-electron chi connectivity index (χ2n) is 8.68. The zero-order chi connectivity index (χ0) is 23.5. The van der Waals surface area contributed by atoms with E-state index in [1.54, 1.807) is 0 Å². The van der Waals surface area contributed by atoms with Gasteiger partial charge in [0.1, 0.15) is 0 Å². The lowest BCUT2D eigenvalue weighted by Crippen LogP contribution is -2.07. The van der Waals surface area contributed by atoms with E-state index in [0.717, 1.165) is 36.1 Å². The highest BCUT2D eigenvalue weighted by Gasteiger charge is 2.29. The van der Waals surface area contributed by atoms with Gasteiger partial charge < -0.3 is 0 Å². The van der Waals surface area contributed by atoms with Gasteiger partial charge in [0.25, 0.3) is 0 Å². The van der Waals surface area contributed by atoms with E-state index < -0.39 is 11.7 Å². The topological polar surface area (TPSA) is 14.1 Å². The van der Waals surface area contributed by atoms with E-state index in [9.17, 15) is 13.2 Å². The maximum absolute atomic E-state index is 12.6. The van der Waals surface area contributed by atoms with E-state index in [1.807, 2.05) is 0 Å². The summed E-state index contributed by atoms with van der Waals surface area (Å²) >= 11 is 0. The normalized spacial score (nSPS) is 11.6. The molecular formula is C29H33F3N. The standard InChI is InChI=1S/C29H33F3N/c1-2-3-4-5-6-23-7-9-24(10-8-23)11-12-25-13-15-26(16-14-25)21-33-22-27-17-19-28(20-18-27)29(30,31)32/h7-10,13-20H,2-6,11-12,21-22H2,1H3. The van der Waals surface area contributed by atoms with Crippen LogP contribution in [-0.4, -0.2) is 0 Å². The highest BCUT2D eigenvalue weighted by molar-refractivity contribution is 5.27. The predicted molar refractivity (Wildman–Crippen MR) is 129 cm³/mol. The average molecular weight is 453 g/mol. The zero-order valence-corrected chi connectivity index (χ0v) is 19.4. The molecule has 0 saturated heterocycles. The Morgan fingerprint density at radius 1 is 0.545 bits per heavy atom. The lowest BCUT2D eigenvalue weighted by molar-refractivity contribution is -0.137. The summed E-state index contributed by atoms with van der Waals surface area (Å²) in [5.74, 6) is 0. The molecule has 0 aliphatic heterocycles. The fourth-order valence-corrected chi connectivity index (χ4v) is 3.84. The molecule has 0 unspecified atom stereocenters. The molecule has 1 nitrogen and oxygen atoms in total. The minimum atomic E-state index is -4.30. The molecule has 4 heteroatoms. The molecule has 33 heavy (non-hydrogen) atoms. The first-order valence-electron chi connectivity index (χ1n) is 11.9. The fourth-order valence-electron chi connectivity index (χ4n) is 3.84. The zero-order valence-electron chi connectivity index (χ0n) is 19.4. The first-order chi connectivity index (χ1) is 15.9. The second-order valence-corrected chi connectivity index (χ2v) is 8.68.